The summed E-state index contributed by atoms with van der Waals surface area (Å²) in [6, 6.07) is 10.5. The van der Waals surface area contributed by atoms with Gasteiger partial charge in [0.2, 0.25) is 5.91 Å². The minimum absolute atomic E-state index is 0.182. The molecule has 2 aromatic rings. The van der Waals surface area contributed by atoms with Crippen LogP contribution in [0.2, 0.25) is 0 Å². The Morgan fingerprint density at radius 1 is 1.25 bits per heavy atom. The highest BCUT2D eigenvalue weighted by atomic mass is 16.2. The molecule has 1 N–H and O–H groups in total. The molecule has 1 aromatic carbocycles. The quantitative estimate of drug-likeness (QED) is 0.886. The summed E-state index contributed by atoms with van der Waals surface area (Å²) in [6.45, 7) is 6.43. The van der Waals surface area contributed by atoms with E-state index in [1.54, 1.807) is 12.5 Å². The molecule has 0 bridgehead atoms. The van der Waals surface area contributed by atoms with Gasteiger partial charge in [0.25, 0.3) is 0 Å². The number of hydrogen-bond acceptors (Lipinski definition) is 3. The van der Waals surface area contributed by atoms with E-state index in [9.17, 15) is 4.79 Å². The van der Waals surface area contributed by atoms with Gasteiger partial charge in [-0.25, -0.2) is 4.98 Å². The second kappa shape index (κ2) is 7.62. The first-order chi connectivity index (χ1) is 11.7. The zero-order chi connectivity index (χ0) is 16.8. The van der Waals surface area contributed by atoms with Crippen LogP contribution in [0.3, 0.4) is 0 Å². The summed E-state index contributed by atoms with van der Waals surface area (Å²) in [7, 11) is 0. The van der Waals surface area contributed by atoms with Crippen LogP contribution in [-0.4, -0.2) is 40.0 Å². The highest BCUT2D eigenvalue weighted by Crippen LogP contribution is 2.31. The number of imidazole rings is 1. The van der Waals surface area contributed by atoms with Crippen molar-refractivity contribution in [1.29, 1.82) is 0 Å². The summed E-state index contributed by atoms with van der Waals surface area (Å²) in [6.07, 6.45) is 7.27. The van der Waals surface area contributed by atoms with Crippen molar-refractivity contribution in [2.45, 2.75) is 32.9 Å². The van der Waals surface area contributed by atoms with Gasteiger partial charge in [0.1, 0.15) is 0 Å². The molecule has 1 saturated heterocycles. The molecule has 128 valence electrons. The van der Waals surface area contributed by atoms with E-state index >= 15 is 0 Å². The maximum Gasteiger partial charge on any atom is 0.226 e. The summed E-state index contributed by atoms with van der Waals surface area (Å²) < 4.78 is 1.98. The van der Waals surface area contributed by atoms with Gasteiger partial charge in [0.15, 0.2) is 0 Å². The molecule has 2 heterocycles. The maximum atomic E-state index is 12.6. The van der Waals surface area contributed by atoms with Crippen LogP contribution < -0.4 is 5.32 Å². The number of nitrogens with one attached hydrogen (secondary N) is 1. The van der Waals surface area contributed by atoms with Crippen molar-refractivity contribution in [1.82, 2.24) is 19.8 Å². The number of aromatic nitrogens is 2. The van der Waals surface area contributed by atoms with Crippen molar-refractivity contribution in [3.05, 3.63) is 54.6 Å². The summed E-state index contributed by atoms with van der Waals surface area (Å²) in [5.74, 6) is 0.182. The molecule has 0 spiro atoms. The number of rotatable bonds is 6. The van der Waals surface area contributed by atoms with Gasteiger partial charge in [-0.2, -0.15) is 0 Å². The highest BCUT2D eigenvalue weighted by Gasteiger charge is 2.36. The molecule has 24 heavy (non-hydrogen) atoms. The van der Waals surface area contributed by atoms with E-state index in [2.05, 4.69) is 46.4 Å². The van der Waals surface area contributed by atoms with Gasteiger partial charge >= 0.3 is 0 Å². The fourth-order valence-electron chi connectivity index (χ4n) is 3.20. The topological polar surface area (TPSA) is 50.2 Å². The number of likely N-dealkylation sites (tertiary alicyclic amines) is 1. The predicted molar refractivity (Wildman–Crippen MR) is 94.3 cm³/mol. The third kappa shape index (κ3) is 4.23. The lowest BCUT2D eigenvalue weighted by molar-refractivity contribution is -0.132. The van der Waals surface area contributed by atoms with Crippen LogP contribution in [0.5, 0.6) is 0 Å². The molecule has 1 amide bonds. The van der Waals surface area contributed by atoms with Crippen molar-refractivity contribution < 1.29 is 4.79 Å². The Labute approximate surface area is 143 Å². The normalized spacial score (nSPS) is 17.5. The molecular weight excluding hydrogens is 300 g/mol. The molecule has 0 unspecified atom stereocenters. The van der Waals surface area contributed by atoms with Crippen molar-refractivity contribution in [2.24, 2.45) is 5.41 Å². The Bertz CT molecular complexity index is 631. The molecule has 0 atom stereocenters. The van der Waals surface area contributed by atoms with Crippen LogP contribution in [0.25, 0.3) is 0 Å². The number of nitrogens with zero attached hydrogens (tertiary/aromatic N) is 3. The van der Waals surface area contributed by atoms with Gasteiger partial charge in [0, 0.05) is 37.4 Å². The lowest BCUT2D eigenvalue weighted by atomic mass is 9.79. The predicted octanol–water partition coefficient (Wildman–Crippen LogP) is 2.30. The van der Waals surface area contributed by atoms with Gasteiger partial charge < -0.3 is 9.88 Å². The Hall–Kier alpha value is -2.14. The second-order valence-electron chi connectivity index (χ2n) is 6.88. The average Bonchev–Trinajstić information content (AvgIpc) is 3.11. The minimum atomic E-state index is -0.248. The van der Waals surface area contributed by atoms with Crippen LogP contribution in [0.4, 0.5) is 0 Å². The number of carbonyl (C=O) groups is 1. The van der Waals surface area contributed by atoms with E-state index in [1.807, 2.05) is 16.8 Å². The van der Waals surface area contributed by atoms with Crippen molar-refractivity contribution in [3.63, 3.8) is 0 Å². The minimum Gasteiger partial charge on any atom is -0.354 e. The van der Waals surface area contributed by atoms with Crippen LogP contribution in [0.15, 0.2) is 49.1 Å². The van der Waals surface area contributed by atoms with Crippen molar-refractivity contribution in [3.8, 4) is 0 Å². The number of benzene rings is 1. The van der Waals surface area contributed by atoms with Crippen molar-refractivity contribution >= 4 is 5.91 Å². The lowest BCUT2D eigenvalue weighted by Crippen LogP contribution is -2.47. The van der Waals surface area contributed by atoms with Gasteiger partial charge in [-0.15, -0.1) is 0 Å². The highest BCUT2D eigenvalue weighted by molar-refractivity contribution is 5.82. The van der Waals surface area contributed by atoms with E-state index in [0.717, 1.165) is 39.0 Å². The fraction of sp³-hybridized carbons (Fsp3) is 0.474. The molecule has 1 aliphatic heterocycles. The van der Waals surface area contributed by atoms with Gasteiger partial charge in [-0.3, -0.25) is 9.69 Å². The number of amides is 1. The van der Waals surface area contributed by atoms with Gasteiger partial charge in [0.05, 0.1) is 6.33 Å². The average molecular weight is 326 g/mol. The van der Waals surface area contributed by atoms with Gasteiger partial charge in [-0.1, -0.05) is 37.3 Å². The Morgan fingerprint density at radius 2 is 2.00 bits per heavy atom. The second-order valence-corrected chi connectivity index (χ2v) is 6.88. The van der Waals surface area contributed by atoms with Crippen LogP contribution in [0.1, 0.15) is 25.3 Å². The monoisotopic (exact) mass is 326 g/mol. The fourth-order valence-corrected chi connectivity index (χ4v) is 3.20. The first kappa shape index (κ1) is 16.7. The third-order valence-corrected chi connectivity index (χ3v) is 4.97. The lowest BCUT2D eigenvalue weighted by Gasteiger charge is -2.38. The molecule has 5 nitrogen and oxygen atoms in total. The van der Waals surface area contributed by atoms with Crippen molar-refractivity contribution in [2.75, 3.05) is 19.6 Å². The molecule has 0 saturated carbocycles. The third-order valence-electron chi connectivity index (χ3n) is 4.97. The first-order valence-electron chi connectivity index (χ1n) is 8.66. The molecular formula is C19H26N4O. The van der Waals surface area contributed by atoms with E-state index in [-0.39, 0.29) is 11.3 Å². The largest absolute Gasteiger partial charge is 0.354 e. The smallest absolute Gasteiger partial charge is 0.226 e. The zero-order valence-electron chi connectivity index (χ0n) is 14.3. The number of carbonyl (C=O) groups excluding carboxylic acids is 1. The summed E-state index contributed by atoms with van der Waals surface area (Å²) in [4.78, 5) is 19.0. The molecule has 0 aliphatic carbocycles. The summed E-state index contributed by atoms with van der Waals surface area (Å²) in [5.41, 5.74) is 1.09. The van der Waals surface area contributed by atoms with Crippen LogP contribution >= 0.6 is 0 Å². The molecule has 1 aromatic heterocycles. The Balaban J connectivity index is 1.44. The SMILES string of the molecule is CC1(C(=O)NCCn2ccnc2)CCN(Cc2ccccc2)CC1. The maximum absolute atomic E-state index is 12.6. The molecule has 1 fully saturated rings. The Morgan fingerprint density at radius 3 is 2.67 bits per heavy atom. The number of piperidine rings is 1. The Kier molecular flexibility index (Phi) is 5.30. The molecule has 0 radical (unpaired) electrons. The summed E-state index contributed by atoms with van der Waals surface area (Å²) in [5, 5.41) is 3.09. The standard InChI is InChI=1S/C19H26N4O/c1-19(18(24)21-10-14-23-13-9-20-16-23)7-11-22(12-8-19)15-17-5-3-2-4-6-17/h2-6,9,13,16H,7-8,10-12,14-15H2,1H3,(H,21,24). The van der Waals surface area contributed by atoms with Gasteiger partial charge in [-0.05, 0) is 31.5 Å². The molecule has 1 aliphatic rings. The number of hydrogen-bond donors (Lipinski definition) is 1. The van der Waals surface area contributed by atoms with E-state index in [1.165, 1.54) is 5.56 Å². The van der Waals surface area contributed by atoms with Crippen LogP contribution in [0, 0.1) is 5.41 Å². The van der Waals surface area contributed by atoms with E-state index in [4.69, 9.17) is 0 Å². The first-order valence-corrected chi connectivity index (χ1v) is 8.66. The zero-order valence-corrected chi connectivity index (χ0v) is 14.3. The molecule has 5 heteroatoms. The van der Waals surface area contributed by atoms with E-state index in [0.29, 0.717) is 6.54 Å². The van der Waals surface area contributed by atoms with Crippen LogP contribution in [-0.2, 0) is 17.9 Å². The molecule has 3 rings (SSSR count). The van der Waals surface area contributed by atoms with E-state index < -0.39 is 0 Å². The summed E-state index contributed by atoms with van der Waals surface area (Å²) >= 11 is 0.